The van der Waals surface area contributed by atoms with Gasteiger partial charge in [0.2, 0.25) is 0 Å². The Morgan fingerprint density at radius 2 is 2.00 bits per heavy atom. The van der Waals surface area contributed by atoms with Crippen molar-refractivity contribution in [3.05, 3.63) is 29.3 Å². The van der Waals surface area contributed by atoms with E-state index in [1.807, 2.05) is 0 Å². The molecule has 0 unspecified atom stereocenters. The van der Waals surface area contributed by atoms with Crippen molar-refractivity contribution in [3.8, 4) is 5.75 Å². The molecule has 1 aliphatic rings. The summed E-state index contributed by atoms with van der Waals surface area (Å²) < 4.78 is 49.2. The first-order chi connectivity index (χ1) is 9.52. The van der Waals surface area contributed by atoms with Crippen molar-refractivity contribution in [2.24, 2.45) is 5.92 Å². The number of carbonyl (C=O) groups excluding carboxylic acids is 1. The molecule has 1 saturated heterocycles. The van der Waals surface area contributed by atoms with E-state index in [9.17, 15) is 18.0 Å². The Hall–Kier alpha value is -1.56. The van der Waals surface area contributed by atoms with Crippen LogP contribution in [0, 0.1) is 5.92 Å². The molecule has 1 aromatic carbocycles. The van der Waals surface area contributed by atoms with Crippen LogP contribution in [0.2, 0.25) is 0 Å². The molecule has 3 nitrogen and oxygen atoms in total. The monoisotopic (exact) mass is 288 g/mol. The summed E-state index contributed by atoms with van der Waals surface area (Å²) >= 11 is 0. The van der Waals surface area contributed by atoms with Crippen molar-refractivity contribution in [2.45, 2.75) is 19.0 Å². The summed E-state index contributed by atoms with van der Waals surface area (Å²) in [4.78, 5) is 10.9. The molecular weight excluding hydrogens is 273 g/mol. The fourth-order valence-corrected chi connectivity index (χ4v) is 2.15. The molecule has 1 aromatic rings. The molecule has 1 aliphatic heterocycles. The predicted molar refractivity (Wildman–Crippen MR) is 65.9 cm³/mol. The normalized spacial score (nSPS) is 16.9. The van der Waals surface area contributed by atoms with Gasteiger partial charge in [-0.1, -0.05) is 6.07 Å². The Kier molecular flexibility index (Phi) is 4.65. The van der Waals surface area contributed by atoms with Crippen LogP contribution in [0.4, 0.5) is 13.2 Å². The minimum Gasteiger partial charge on any atom is -0.492 e. The molecule has 2 rings (SSSR count). The highest BCUT2D eigenvalue weighted by Crippen LogP contribution is 2.38. The molecule has 0 radical (unpaired) electrons. The van der Waals surface area contributed by atoms with Gasteiger partial charge in [0.05, 0.1) is 17.7 Å². The first-order valence-electron chi connectivity index (χ1n) is 6.38. The van der Waals surface area contributed by atoms with E-state index in [2.05, 4.69) is 0 Å². The summed E-state index contributed by atoms with van der Waals surface area (Å²) in [6.07, 6.45) is -2.65. The zero-order valence-electron chi connectivity index (χ0n) is 10.8. The van der Waals surface area contributed by atoms with E-state index in [4.69, 9.17) is 9.47 Å². The van der Waals surface area contributed by atoms with Crippen molar-refractivity contribution in [3.63, 3.8) is 0 Å². The van der Waals surface area contributed by atoms with Crippen molar-refractivity contribution in [1.29, 1.82) is 0 Å². The number of alkyl halides is 3. The van der Waals surface area contributed by atoms with Gasteiger partial charge in [0.25, 0.3) is 0 Å². The average molecular weight is 288 g/mol. The highest BCUT2D eigenvalue weighted by Gasteiger charge is 2.35. The lowest BCUT2D eigenvalue weighted by molar-refractivity contribution is -0.139. The molecule has 110 valence electrons. The van der Waals surface area contributed by atoms with Crippen LogP contribution < -0.4 is 4.74 Å². The number of benzene rings is 1. The minimum absolute atomic E-state index is 0.0770. The summed E-state index contributed by atoms with van der Waals surface area (Å²) in [6.45, 7) is 1.35. The zero-order chi connectivity index (χ0) is 14.6. The maximum atomic E-state index is 12.9. The minimum atomic E-state index is -4.54. The number of ether oxygens (including phenoxy) is 2. The quantitative estimate of drug-likeness (QED) is 0.797. The largest absolute Gasteiger partial charge is 0.492 e. The molecule has 0 amide bonds. The van der Waals surface area contributed by atoms with Gasteiger partial charge < -0.3 is 9.47 Å². The zero-order valence-corrected chi connectivity index (χ0v) is 10.8. The van der Waals surface area contributed by atoms with Crippen molar-refractivity contribution in [2.75, 3.05) is 19.8 Å². The second kappa shape index (κ2) is 6.26. The fourth-order valence-electron chi connectivity index (χ4n) is 2.15. The number of rotatable bonds is 4. The Morgan fingerprint density at radius 3 is 2.60 bits per heavy atom. The first kappa shape index (κ1) is 14.8. The van der Waals surface area contributed by atoms with Crippen molar-refractivity contribution in [1.82, 2.24) is 0 Å². The lowest BCUT2D eigenvalue weighted by Gasteiger charge is -2.23. The van der Waals surface area contributed by atoms with E-state index >= 15 is 0 Å². The van der Waals surface area contributed by atoms with Crippen LogP contribution >= 0.6 is 0 Å². The van der Waals surface area contributed by atoms with Gasteiger partial charge in [-0.3, -0.25) is 4.79 Å². The summed E-state index contributed by atoms with van der Waals surface area (Å²) in [5.41, 5.74) is -0.985. The number of hydrogen-bond acceptors (Lipinski definition) is 3. The smallest absolute Gasteiger partial charge is 0.419 e. The van der Waals surface area contributed by atoms with Crippen LogP contribution in [-0.4, -0.2) is 26.1 Å². The van der Waals surface area contributed by atoms with E-state index in [1.54, 1.807) is 0 Å². The van der Waals surface area contributed by atoms with E-state index < -0.39 is 11.7 Å². The second-order valence-corrected chi connectivity index (χ2v) is 4.71. The third kappa shape index (κ3) is 3.50. The Balaban J connectivity index is 2.17. The van der Waals surface area contributed by atoms with E-state index in [0.717, 1.165) is 18.9 Å². The van der Waals surface area contributed by atoms with Gasteiger partial charge in [-0.25, -0.2) is 0 Å². The van der Waals surface area contributed by atoms with E-state index in [-0.39, 0.29) is 23.8 Å². The van der Waals surface area contributed by atoms with Crippen LogP contribution in [0.3, 0.4) is 0 Å². The van der Waals surface area contributed by atoms with Gasteiger partial charge in [0, 0.05) is 13.2 Å². The van der Waals surface area contributed by atoms with Gasteiger partial charge in [-0.2, -0.15) is 13.2 Å². The molecule has 0 aromatic heterocycles. The molecule has 6 heteroatoms. The average Bonchev–Trinajstić information content (AvgIpc) is 2.44. The third-order valence-electron chi connectivity index (χ3n) is 3.28. The second-order valence-electron chi connectivity index (χ2n) is 4.71. The molecular formula is C14H15F3O3. The van der Waals surface area contributed by atoms with Crippen LogP contribution in [-0.2, 0) is 10.9 Å². The molecule has 0 aliphatic carbocycles. The third-order valence-corrected chi connectivity index (χ3v) is 3.28. The fraction of sp³-hybridized carbons (Fsp3) is 0.500. The summed E-state index contributed by atoms with van der Waals surface area (Å²) in [5, 5.41) is 0. The van der Waals surface area contributed by atoms with E-state index in [1.165, 1.54) is 12.1 Å². The number of hydrogen-bond donors (Lipinski definition) is 0. The maximum Gasteiger partial charge on any atom is 0.419 e. The number of aldehydes is 1. The molecule has 0 atom stereocenters. The van der Waals surface area contributed by atoms with Crippen LogP contribution in [0.25, 0.3) is 0 Å². The van der Waals surface area contributed by atoms with Crippen molar-refractivity contribution >= 4 is 6.29 Å². The molecule has 1 heterocycles. The van der Waals surface area contributed by atoms with Gasteiger partial charge in [-0.05, 0) is 30.9 Å². The highest BCUT2D eigenvalue weighted by molar-refractivity contribution is 5.80. The standard InChI is InChI=1S/C14H15F3O3/c15-14(16,17)12-3-1-2-11(8-18)13(12)20-9-10-4-6-19-7-5-10/h1-3,8,10H,4-7,9H2. The maximum absolute atomic E-state index is 12.9. The number of halogens is 3. The van der Waals surface area contributed by atoms with Gasteiger partial charge in [-0.15, -0.1) is 0 Å². The topological polar surface area (TPSA) is 35.5 Å². The van der Waals surface area contributed by atoms with Gasteiger partial charge >= 0.3 is 6.18 Å². The lowest BCUT2D eigenvalue weighted by atomic mass is 10.0. The van der Waals surface area contributed by atoms with Gasteiger partial charge in [0.15, 0.2) is 6.29 Å². The number of para-hydroxylation sites is 1. The summed E-state index contributed by atoms with van der Waals surface area (Å²) in [7, 11) is 0. The highest BCUT2D eigenvalue weighted by atomic mass is 19.4. The lowest BCUT2D eigenvalue weighted by Crippen LogP contribution is -2.22. The first-order valence-corrected chi connectivity index (χ1v) is 6.38. The van der Waals surface area contributed by atoms with Crippen LogP contribution in [0.15, 0.2) is 18.2 Å². The molecule has 0 saturated carbocycles. The molecule has 20 heavy (non-hydrogen) atoms. The molecule has 0 N–H and O–H groups in total. The van der Waals surface area contributed by atoms with Crippen LogP contribution in [0.1, 0.15) is 28.8 Å². The number of carbonyl (C=O) groups is 1. The van der Waals surface area contributed by atoms with E-state index in [0.29, 0.717) is 19.5 Å². The predicted octanol–water partition coefficient (Wildman–Crippen LogP) is 3.32. The molecule has 0 spiro atoms. The molecule has 1 fully saturated rings. The molecule has 0 bridgehead atoms. The summed E-state index contributed by atoms with van der Waals surface area (Å²) in [5.74, 6) is -0.217. The SMILES string of the molecule is O=Cc1cccc(C(F)(F)F)c1OCC1CCOCC1. The Morgan fingerprint density at radius 1 is 1.30 bits per heavy atom. The Labute approximate surface area is 114 Å². The van der Waals surface area contributed by atoms with Crippen LogP contribution in [0.5, 0.6) is 5.75 Å². The Bertz CT molecular complexity index is 465. The summed E-state index contributed by atoms with van der Waals surface area (Å²) in [6, 6.07) is 3.45. The van der Waals surface area contributed by atoms with Gasteiger partial charge in [0.1, 0.15) is 5.75 Å². The van der Waals surface area contributed by atoms with Crippen molar-refractivity contribution < 1.29 is 27.4 Å².